The number of benzene rings is 7. The summed E-state index contributed by atoms with van der Waals surface area (Å²) in [4.78, 5) is 0. The maximum Gasteiger partial charge on any atom is 0.0361 e. The molecule has 0 fully saturated rings. The van der Waals surface area contributed by atoms with Crippen LogP contribution < -0.4 is 0 Å². The van der Waals surface area contributed by atoms with Gasteiger partial charge >= 0.3 is 0 Å². The second-order valence-corrected chi connectivity index (χ2v) is 11.2. The van der Waals surface area contributed by atoms with Crippen molar-refractivity contribution in [1.82, 2.24) is 0 Å². The van der Waals surface area contributed by atoms with Gasteiger partial charge in [0.1, 0.15) is 0 Å². The molecule has 7 aromatic carbocycles. The minimum Gasteiger partial charge on any atom is -0.135 e. The van der Waals surface area contributed by atoms with E-state index < -0.39 is 0 Å². The Balaban J connectivity index is 1.34. The van der Waals surface area contributed by atoms with Crippen LogP contribution in [0.3, 0.4) is 0 Å². The Labute approximate surface area is 231 Å². The summed E-state index contributed by atoms with van der Waals surface area (Å²) in [6.45, 7) is 0. The standard InChI is InChI=1S/C38H24S/c1-2-9-25(10-3-1)30-14-6-11-26-19-21-28(23-34(26)30)29-22-20-27-12-7-15-31(35(27)24-29)32-16-8-18-37-38(32)33-13-4-5-17-36(33)39-37/h1-24H. The third kappa shape index (κ3) is 3.66. The topological polar surface area (TPSA) is 0 Å². The Hall–Kier alpha value is -4.72. The smallest absolute Gasteiger partial charge is 0.0361 e. The summed E-state index contributed by atoms with van der Waals surface area (Å²) in [5, 5.41) is 7.79. The molecule has 1 aromatic heterocycles. The lowest BCUT2D eigenvalue weighted by Crippen LogP contribution is -1.86. The summed E-state index contributed by atoms with van der Waals surface area (Å²) in [6.07, 6.45) is 0. The molecule has 0 saturated carbocycles. The van der Waals surface area contributed by atoms with Crippen molar-refractivity contribution in [2.24, 2.45) is 0 Å². The highest BCUT2D eigenvalue weighted by Crippen LogP contribution is 2.42. The summed E-state index contributed by atoms with van der Waals surface area (Å²) in [5.41, 5.74) is 7.58. The maximum atomic E-state index is 2.38. The molecule has 0 amide bonds. The molecule has 0 spiro atoms. The Morgan fingerprint density at radius 3 is 1.69 bits per heavy atom. The molecular formula is C38H24S. The highest BCUT2D eigenvalue weighted by molar-refractivity contribution is 7.25. The fraction of sp³-hybridized carbons (Fsp3) is 0. The monoisotopic (exact) mass is 512 g/mol. The van der Waals surface area contributed by atoms with Gasteiger partial charge in [-0.05, 0) is 79.2 Å². The van der Waals surface area contributed by atoms with Gasteiger partial charge < -0.3 is 0 Å². The fourth-order valence-electron chi connectivity index (χ4n) is 6.01. The van der Waals surface area contributed by atoms with Crippen LogP contribution in [-0.2, 0) is 0 Å². The number of hydrogen-bond acceptors (Lipinski definition) is 1. The third-order valence-electron chi connectivity index (χ3n) is 7.88. The van der Waals surface area contributed by atoms with Crippen LogP contribution in [0.15, 0.2) is 146 Å². The van der Waals surface area contributed by atoms with Gasteiger partial charge in [-0.1, -0.05) is 121 Å². The van der Waals surface area contributed by atoms with Crippen molar-refractivity contribution in [2.75, 3.05) is 0 Å². The maximum absolute atomic E-state index is 2.38. The number of fused-ring (bicyclic) bond motifs is 5. The van der Waals surface area contributed by atoms with Crippen molar-refractivity contribution in [3.8, 4) is 33.4 Å². The van der Waals surface area contributed by atoms with E-state index in [1.165, 1.54) is 75.1 Å². The van der Waals surface area contributed by atoms with Crippen molar-refractivity contribution < 1.29 is 0 Å². The van der Waals surface area contributed by atoms with Crippen LogP contribution in [0.4, 0.5) is 0 Å². The predicted molar refractivity (Wildman–Crippen MR) is 171 cm³/mol. The number of thiophene rings is 1. The molecule has 0 radical (unpaired) electrons. The summed E-state index contributed by atoms with van der Waals surface area (Å²) >= 11 is 1.88. The molecule has 8 aromatic rings. The van der Waals surface area contributed by atoms with E-state index in [2.05, 4.69) is 146 Å². The molecule has 0 aliphatic carbocycles. The van der Waals surface area contributed by atoms with Crippen LogP contribution in [0.5, 0.6) is 0 Å². The summed E-state index contributed by atoms with van der Waals surface area (Å²) in [5.74, 6) is 0. The quantitative estimate of drug-likeness (QED) is 0.221. The van der Waals surface area contributed by atoms with E-state index in [1.54, 1.807) is 0 Å². The molecule has 0 nitrogen and oxygen atoms in total. The molecule has 39 heavy (non-hydrogen) atoms. The molecule has 0 aliphatic heterocycles. The highest BCUT2D eigenvalue weighted by atomic mass is 32.1. The van der Waals surface area contributed by atoms with E-state index in [1.807, 2.05) is 11.3 Å². The lowest BCUT2D eigenvalue weighted by Gasteiger charge is -2.13. The van der Waals surface area contributed by atoms with E-state index in [9.17, 15) is 0 Å². The molecule has 182 valence electrons. The molecule has 0 unspecified atom stereocenters. The van der Waals surface area contributed by atoms with Gasteiger partial charge in [0.25, 0.3) is 0 Å². The predicted octanol–water partition coefficient (Wildman–Crippen LogP) is 11.4. The Bertz CT molecular complexity index is 2170. The molecule has 0 N–H and O–H groups in total. The first-order chi connectivity index (χ1) is 19.3. The van der Waals surface area contributed by atoms with E-state index >= 15 is 0 Å². The highest BCUT2D eigenvalue weighted by Gasteiger charge is 2.14. The summed E-state index contributed by atoms with van der Waals surface area (Å²) in [6, 6.07) is 53.2. The zero-order valence-electron chi connectivity index (χ0n) is 21.3. The Morgan fingerprint density at radius 1 is 0.333 bits per heavy atom. The van der Waals surface area contributed by atoms with Crippen LogP contribution in [0.25, 0.3) is 75.1 Å². The summed E-state index contributed by atoms with van der Waals surface area (Å²) in [7, 11) is 0. The van der Waals surface area contributed by atoms with Gasteiger partial charge in [0, 0.05) is 20.2 Å². The second-order valence-electron chi connectivity index (χ2n) is 10.1. The van der Waals surface area contributed by atoms with Gasteiger partial charge in [-0.25, -0.2) is 0 Å². The van der Waals surface area contributed by atoms with E-state index in [-0.39, 0.29) is 0 Å². The number of hydrogen-bond donors (Lipinski definition) is 0. The zero-order valence-corrected chi connectivity index (χ0v) is 22.1. The van der Waals surface area contributed by atoms with Crippen LogP contribution in [-0.4, -0.2) is 0 Å². The van der Waals surface area contributed by atoms with Crippen molar-refractivity contribution in [3.05, 3.63) is 146 Å². The van der Waals surface area contributed by atoms with Gasteiger partial charge in [-0.15, -0.1) is 11.3 Å². The lowest BCUT2D eigenvalue weighted by molar-refractivity contribution is 1.64. The average Bonchev–Trinajstić information content (AvgIpc) is 3.39. The lowest BCUT2D eigenvalue weighted by atomic mass is 9.91. The first-order valence-electron chi connectivity index (χ1n) is 13.4. The minimum atomic E-state index is 1.24. The van der Waals surface area contributed by atoms with Crippen LogP contribution in [0.1, 0.15) is 0 Å². The normalized spacial score (nSPS) is 11.6. The van der Waals surface area contributed by atoms with Gasteiger partial charge in [0.2, 0.25) is 0 Å². The van der Waals surface area contributed by atoms with Crippen molar-refractivity contribution in [1.29, 1.82) is 0 Å². The van der Waals surface area contributed by atoms with E-state index in [4.69, 9.17) is 0 Å². The van der Waals surface area contributed by atoms with Crippen molar-refractivity contribution in [2.45, 2.75) is 0 Å². The SMILES string of the molecule is c1ccc(-c2cccc3ccc(-c4ccc5cccc(-c6cccc7sc8ccccc8c67)c5c4)cc23)cc1. The Morgan fingerprint density at radius 2 is 0.923 bits per heavy atom. The Kier molecular flexibility index (Phi) is 5.11. The molecule has 0 atom stereocenters. The minimum absolute atomic E-state index is 1.24. The molecule has 0 saturated heterocycles. The van der Waals surface area contributed by atoms with Crippen LogP contribution in [0.2, 0.25) is 0 Å². The fourth-order valence-corrected chi connectivity index (χ4v) is 7.14. The number of rotatable bonds is 3. The van der Waals surface area contributed by atoms with Crippen LogP contribution >= 0.6 is 11.3 Å². The van der Waals surface area contributed by atoms with Crippen molar-refractivity contribution in [3.63, 3.8) is 0 Å². The zero-order chi connectivity index (χ0) is 25.8. The van der Waals surface area contributed by atoms with Gasteiger partial charge in [-0.2, -0.15) is 0 Å². The molecule has 1 heterocycles. The first-order valence-corrected chi connectivity index (χ1v) is 14.2. The molecular weight excluding hydrogens is 488 g/mol. The molecule has 1 heteroatoms. The molecule has 0 aliphatic rings. The molecule has 0 bridgehead atoms. The van der Waals surface area contributed by atoms with Gasteiger partial charge in [0.15, 0.2) is 0 Å². The first kappa shape index (κ1) is 22.3. The van der Waals surface area contributed by atoms with Gasteiger partial charge in [-0.3, -0.25) is 0 Å². The van der Waals surface area contributed by atoms with Gasteiger partial charge in [0.05, 0.1) is 0 Å². The second kappa shape index (κ2) is 8.94. The molecule has 8 rings (SSSR count). The van der Waals surface area contributed by atoms with Crippen LogP contribution in [0, 0.1) is 0 Å². The third-order valence-corrected chi connectivity index (χ3v) is 9.01. The van der Waals surface area contributed by atoms with Crippen molar-refractivity contribution >= 4 is 53.1 Å². The average molecular weight is 513 g/mol. The van der Waals surface area contributed by atoms with E-state index in [0.29, 0.717) is 0 Å². The van der Waals surface area contributed by atoms with E-state index in [0.717, 1.165) is 0 Å². The summed E-state index contributed by atoms with van der Waals surface area (Å²) < 4.78 is 2.68. The largest absolute Gasteiger partial charge is 0.135 e.